The quantitative estimate of drug-likeness (QED) is 0.536. The van der Waals surface area contributed by atoms with Gasteiger partial charge >= 0.3 is 29.6 Å². The van der Waals surface area contributed by atoms with Crippen LogP contribution in [0.15, 0.2) is 54.6 Å². The number of nitrogens with zero attached hydrogens (tertiary/aromatic N) is 2. The normalized spacial score (nSPS) is 10.2. The van der Waals surface area contributed by atoms with Crippen LogP contribution in [0.4, 0.5) is 0 Å². The number of benzene rings is 2. The Morgan fingerprint density at radius 1 is 1.05 bits per heavy atom. The van der Waals surface area contributed by atoms with Crippen LogP contribution in [0.1, 0.15) is 5.82 Å². The molecule has 0 spiro atoms. The standard InChI is InChI=1S/C15H12N2O2.Na/c18-15(19)10-14-16-12-8-4-5-9-13(12)17(14)11-6-2-1-3-7-11;/h1-9H,10H2,(H,18,19);/q;+1/p-1. The Bertz CT molecular complexity index is 738. The fourth-order valence-electron chi connectivity index (χ4n) is 2.19. The molecule has 0 fully saturated rings. The molecule has 1 aromatic heterocycles. The van der Waals surface area contributed by atoms with E-state index in [0.29, 0.717) is 5.82 Å². The molecule has 3 rings (SSSR count). The van der Waals surface area contributed by atoms with Crippen molar-refractivity contribution in [2.75, 3.05) is 0 Å². The molecule has 94 valence electrons. The van der Waals surface area contributed by atoms with Crippen molar-refractivity contribution >= 4 is 17.0 Å². The second-order valence-electron chi connectivity index (χ2n) is 4.24. The Kier molecular flexibility index (Phi) is 4.60. The summed E-state index contributed by atoms with van der Waals surface area (Å²) in [6.07, 6.45) is -0.205. The number of carbonyl (C=O) groups excluding carboxylic acids is 1. The predicted molar refractivity (Wildman–Crippen MR) is 69.8 cm³/mol. The van der Waals surface area contributed by atoms with Crippen molar-refractivity contribution in [1.29, 1.82) is 0 Å². The minimum atomic E-state index is -1.13. The summed E-state index contributed by atoms with van der Waals surface area (Å²) in [5.41, 5.74) is 2.57. The minimum absolute atomic E-state index is 0. The number of carbonyl (C=O) groups is 1. The van der Waals surface area contributed by atoms with Gasteiger partial charge in [0.15, 0.2) is 0 Å². The van der Waals surface area contributed by atoms with E-state index in [2.05, 4.69) is 4.98 Å². The zero-order chi connectivity index (χ0) is 13.2. The monoisotopic (exact) mass is 274 g/mol. The van der Waals surface area contributed by atoms with Crippen LogP contribution in [0, 0.1) is 0 Å². The summed E-state index contributed by atoms with van der Waals surface area (Å²) < 4.78 is 1.85. The largest absolute Gasteiger partial charge is 1.00 e. The molecule has 20 heavy (non-hydrogen) atoms. The van der Waals surface area contributed by atoms with Gasteiger partial charge < -0.3 is 9.90 Å². The number of aliphatic carboxylic acids is 1. The number of carboxylic acids is 1. The number of fused-ring (bicyclic) bond motifs is 1. The second-order valence-corrected chi connectivity index (χ2v) is 4.24. The van der Waals surface area contributed by atoms with E-state index in [9.17, 15) is 9.90 Å². The van der Waals surface area contributed by atoms with E-state index in [0.717, 1.165) is 16.7 Å². The van der Waals surface area contributed by atoms with Gasteiger partial charge in [0.25, 0.3) is 0 Å². The summed E-state index contributed by atoms with van der Waals surface area (Å²) in [5.74, 6) is -0.653. The first-order chi connectivity index (χ1) is 9.25. The van der Waals surface area contributed by atoms with Crippen LogP contribution in [0.3, 0.4) is 0 Å². The van der Waals surface area contributed by atoms with E-state index < -0.39 is 5.97 Å². The van der Waals surface area contributed by atoms with Crippen molar-refractivity contribution in [3.63, 3.8) is 0 Å². The van der Waals surface area contributed by atoms with Gasteiger partial charge in [-0.05, 0) is 24.3 Å². The van der Waals surface area contributed by atoms with Crippen molar-refractivity contribution in [2.45, 2.75) is 6.42 Å². The summed E-state index contributed by atoms with van der Waals surface area (Å²) in [6.45, 7) is 0. The maximum atomic E-state index is 10.9. The zero-order valence-electron chi connectivity index (χ0n) is 11.1. The Labute approximate surface area is 138 Å². The van der Waals surface area contributed by atoms with Crippen LogP contribution in [-0.2, 0) is 11.2 Å². The van der Waals surface area contributed by atoms with Crippen LogP contribution in [0.2, 0.25) is 0 Å². The van der Waals surface area contributed by atoms with Gasteiger partial charge in [-0.3, -0.25) is 4.57 Å². The van der Waals surface area contributed by atoms with E-state index in [1.165, 1.54) is 0 Å². The van der Waals surface area contributed by atoms with E-state index in [1.807, 2.05) is 59.2 Å². The molecule has 0 saturated carbocycles. The van der Waals surface area contributed by atoms with Gasteiger partial charge in [-0.1, -0.05) is 30.3 Å². The van der Waals surface area contributed by atoms with E-state index in [-0.39, 0.29) is 36.0 Å². The summed E-state index contributed by atoms with van der Waals surface area (Å²) in [6, 6.07) is 17.2. The van der Waals surface area contributed by atoms with E-state index >= 15 is 0 Å². The minimum Gasteiger partial charge on any atom is -0.550 e. The van der Waals surface area contributed by atoms with Crippen LogP contribution in [0.25, 0.3) is 16.7 Å². The molecule has 0 radical (unpaired) electrons. The third kappa shape index (κ3) is 2.77. The molecule has 5 heteroatoms. The maximum absolute atomic E-state index is 10.9. The zero-order valence-corrected chi connectivity index (χ0v) is 13.1. The van der Waals surface area contributed by atoms with Crippen LogP contribution in [-0.4, -0.2) is 15.5 Å². The Morgan fingerprint density at radius 3 is 2.40 bits per heavy atom. The number of hydrogen-bond donors (Lipinski definition) is 0. The van der Waals surface area contributed by atoms with Crippen molar-refractivity contribution in [3.8, 4) is 5.69 Å². The smallest absolute Gasteiger partial charge is 0.550 e. The first-order valence-corrected chi connectivity index (χ1v) is 5.97. The molecule has 3 aromatic rings. The molecule has 0 saturated heterocycles. The molecule has 0 aliphatic rings. The molecule has 2 aromatic carbocycles. The van der Waals surface area contributed by atoms with E-state index in [4.69, 9.17) is 0 Å². The van der Waals surface area contributed by atoms with Gasteiger partial charge in [0.1, 0.15) is 5.82 Å². The first kappa shape index (κ1) is 14.8. The number of rotatable bonds is 3. The van der Waals surface area contributed by atoms with Crippen LogP contribution in [0.5, 0.6) is 0 Å². The van der Waals surface area contributed by atoms with Crippen molar-refractivity contribution < 1.29 is 39.5 Å². The van der Waals surface area contributed by atoms with E-state index in [1.54, 1.807) is 0 Å². The summed E-state index contributed by atoms with van der Waals surface area (Å²) in [5, 5.41) is 10.9. The van der Waals surface area contributed by atoms with Gasteiger partial charge in [-0.15, -0.1) is 0 Å². The summed E-state index contributed by atoms with van der Waals surface area (Å²) in [7, 11) is 0. The molecule has 0 aliphatic heterocycles. The fraction of sp³-hybridized carbons (Fsp3) is 0.0667. The van der Waals surface area contributed by atoms with Gasteiger partial charge in [-0.25, -0.2) is 4.98 Å². The molecule has 0 atom stereocenters. The Hall–Kier alpha value is -1.62. The van der Waals surface area contributed by atoms with Crippen molar-refractivity contribution in [1.82, 2.24) is 9.55 Å². The third-order valence-electron chi connectivity index (χ3n) is 2.95. The Morgan fingerprint density at radius 2 is 1.70 bits per heavy atom. The maximum Gasteiger partial charge on any atom is 1.00 e. The van der Waals surface area contributed by atoms with Gasteiger partial charge in [0, 0.05) is 18.1 Å². The van der Waals surface area contributed by atoms with Gasteiger partial charge in [0.2, 0.25) is 0 Å². The number of imidazole rings is 1. The first-order valence-electron chi connectivity index (χ1n) is 5.97. The molecule has 0 amide bonds. The molecule has 0 N–H and O–H groups in total. The predicted octanol–water partition coefficient (Wildman–Crippen LogP) is -1.68. The third-order valence-corrected chi connectivity index (χ3v) is 2.95. The topological polar surface area (TPSA) is 57.9 Å². The Balaban J connectivity index is 0.00000147. The van der Waals surface area contributed by atoms with Crippen molar-refractivity contribution in [3.05, 3.63) is 60.4 Å². The molecule has 4 nitrogen and oxygen atoms in total. The van der Waals surface area contributed by atoms with Gasteiger partial charge in [0.05, 0.1) is 11.0 Å². The van der Waals surface area contributed by atoms with Crippen molar-refractivity contribution in [2.24, 2.45) is 0 Å². The van der Waals surface area contributed by atoms with Gasteiger partial charge in [-0.2, -0.15) is 0 Å². The number of para-hydroxylation sites is 3. The molecule has 0 aliphatic carbocycles. The van der Waals surface area contributed by atoms with Crippen LogP contribution >= 0.6 is 0 Å². The second kappa shape index (κ2) is 6.22. The molecule has 1 heterocycles. The molecule has 0 bridgehead atoms. The summed E-state index contributed by atoms with van der Waals surface area (Å²) in [4.78, 5) is 15.2. The average Bonchev–Trinajstić information content (AvgIpc) is 2.76. The fourth-order valence-corrected chi connectivity index (χ4v) is 2.19. The molecule has 0 unspecified atom stereocenters. The number of hydrogen-bond acceptors (Lipinski definition) is 3. The molecular formula is C15H11N2NaO2. The number of carboxylic acid groups (broad SMARTS) is 1. The number of aromatic nitrogens is 2. The average molecular weight is 274 g/mol. The molecular weight excluding hydrogens is 263 g/mol. The SMILES string of the molecule is O=C([O-])Cc1nc2ccccc2n1-c1ccccc1.[Na+]. The summed E-state index contributed by atoms with van der Waals surface area (Å²) >= 11 is 0. The van der Waals surface area contributed by atoms with Crippen LogP contribution < -0.4 is 34.7 Å².